The molecule has 1 saturated carbocycles. The van der Waals surface area contributed by atoms with Gasteiger partial charge in [0.25, 0.3) is 0 Å². The summed E-state index contributed by atoms with van der Waals surface area (Å²) >= 11 is 1.82. The number of hydrogen-bond donors (Lipinski definition) is 1. The molecule has 1 aromatic heterocycles. The summed E-state index contributed by atoms with van der Waals surface area (Å²) in [5.41, 5.74) is 0.417. The summed E-state index contributed by atoms with van der Waals surface area (Å²) in [7, 11) is 5.77. The lowest BCUT2D eigenvalue weighted by Gasteiger charge is -2.42. The van der Waals surface area contributed by atoms with Crippen LogP contribution in [0.3, 0.4) is 0 Å². The third-order valence-corrected chi connectivity index (χ3v) is 5.66. The van der Waals surface area contributed by atoms with Gasteiger partial charge >= 0.3 is 0 Å². The molecule has 1 heterocycles. The van der Waals surface area contributed by atoms with E-state index >= 15 is 0 Å². The Bertz CT molecular complexity index is 454. The standard InChI is InChI=1S/C17H29N3OS/c1-18-16(20(2)11-7-15-6-4-13-22-15)19-14-17(8-5-9-17)10-12-21-3/h4,6,13H,5,7-12,14H2,1-3H3,(H,18,19). The topological polar surface area (TPSA) is 36.9 Å². The zero-order valence-corrected chi connectivity index (χ0v) is 14.9. The summed E-state index contributed by atoms with van der Waals surface area (Å²) in [5, 5.41) is 5.71. The number of nitrogens with zero attached hydrogens (tertiary/aromatic N) is 2. The molecule has 0 saturated heterocycles. The molecule has 1 aliphatic rings. The van der Waals surface area contributed by atoms with E-state index in [1.165, 1.54) is 24.1 Å². The first kappa shape index (κ1) is 17.3. The first-order valence-electron chi connectivity index (χ1n) is 8.12. The molecule has 1 fully saturated rings. The maximum atomic E-state index is 5.27. The van der Waals surface area contributed by atoms with Gasteiger partial charge in [0.2, 0.25) is 0 Å². The van der Waals surface area contributed by atoms with Gasteiger partial charge in [-0.25, -0.2) is 0 Å². The lowest BCUT2D eigenvalue weighted by atomic mass is 9.67. The normalized spacial score (nSPS) is 17.1. The highest BCUT2D eigenvalue weighted by Crippen LogP contribution is 2.43. The van der Waals surface area contributed by atoms with Crippen molar-refractivity contribution < 1.29 is 4.74 Å². The maximum absolute atomic E-state index is 5.27. The van der Waals surface area contributed by atoms with Gasteiger partial charge in [0.1, 0.15) is 0 Å². The maximum Gasteiger partial charge on any atom is 0.193 e. The van der Waals surface area contributed by atoms with E-state index in [-0.39, 0.29) is 0 Å². The van der Waals surface area contributed by atoms with Crippen molar-refractivity contribution in [3.05, 3.63) is 22.4 Å². The Morgan fingerprint density at radius 1 is 1.50 bits per heavy atom. The van der Waals surface area contributed by atoms with Gasteiger partial charge in [0.05, 0.1) is 0 Å². The molecule has 1 aromatic rings. The monoisotopic (exact) mass is 323 g/mol. The van der Waals surface area contributed by atoms with Crippen molar-refractivity contribution in [3.63, 3.8) is 0 Å². The van der Waals surface area contributed by atoms with E-state index in [2.05, 4.69) is 39.8 Å². The molecule has 4 nitrogen and oxygen atoms in total. The van der Waals surface area contributed by atoms with Crippen molar-refractivity contribution in [1.29, 1.82) is 0 Å². The highest BCUT2D eigenvalue weighted by atomic mass is 32.1. The fraction of sp³-hybridized carbons (Fsp3) is 0.706. The van der Waals surface area contributed by atoms with E-state index in [4.69, 9.17) is 4.74 Å². The van der Waals surface area contributed by atoms with Crippen LogP contribution in [-0.4, -0.2) is 51.8 Å². The molecule has 2 rings (SSSR count). The summed E-state index contributed by atoms with van der Waals surface area (Å²) in [5.74, 6) is 1.00. The molecule has 1 N–H and O–H groups in total. The Kier molecular flexibility index (Phi) is 6.70. The molecule has 0 bridgehead atoms. The van der Waals surface area contributed by atoms with Crippen LogP contribution >= 0.6 is 11.3 Å². The SMILES string of the molecule is CN=C(NCC1(CCOC)CCC1)N(C)CCc1cccs1. The van der Waals surface area contributed by atoms with Crippen LogP contribution in [0.4, 0.5) is 0 Å². The molecule has 124 valence electrons. The molecule has 0 unspecified atom stereocenters. The van der Waals surface area contributed by atoms with E-state index in [0.717, 1.165) is 38.5 Å². The van der Waals surface area contributed by atoms with E-state index in [9.17, 15) is 0 Å². The van der Waals surface area contributed by atoms with Crippen molar-refractivity contribution in [2.45, 2.75) is 32.1 Å². The minimum atomic E-state index is 0.417. The number of methoxy groups -OCH3 is 1. The number of thiophene rings is 1. The van der Waals surface area contributed by atoms with Crippen molar-refractivity contribution >= 4 is 17.3 Å². The molecule has 1 aliphatic carbocycles. The highest BCUT2D eigenvalue weighted by molar-refractivity contribution is 7.09. The third-order valence-electron chi connectivity index (χ3n) is 4.72. The average molecular weight is 324 g/mol. The van der Waals surface area contributed by atoms with Gasteiger partial charge in [-0.3, -0.25) is 4.99 Å². The second kappa shape index (κ2) is 8.53. The van der Waals surface area contributed by atoms with E-state index < -0.39 is 0 Å². The van der Waals surface area contributed by atoms with Crippen molar-refractivity contribution in [2.75, 3.05) is 40.9 Å². The molecule has 0 spiro atoms. The minimum absolute atomic E-state index is 0.417. The number of aliphatic imine (C=N–C) groups is 1. The first-order valence-corrected chi connectivity index (χ1v) is 9.00. The number of hydrogen-bond acceptors (Lipinski definition) is 3. The summed E-state index contributed by atoms with van der Waals surface area (Å²) in [6.45, 7) is 2.85. The van der Waals surface area contributed by atoms with E-state index in [1.807, 2.05) is 18.4 Å². The molecule has 22 heavy (non-hydrogen) atoms. The Morgan fingerprint density at radius 3 is 2.86 bits per heavy atom. The Hall–Kier alpha value is -1.07. The van der Waals surface area contributed by atoms with Crippen LogP contribution in [0.15, 0.2) is 22.5 Å². The van der Waals surface area contributed by atoms with Gasteiger partial charge in [-0.1, -0.05) is 12.5 Å². The largest absolute Gasteiger partial charge is 0.385 e. The Labute approximate surface area is 138 Å². The Balaban J connectivity index is 1.78. The number of likely N-dealkylation sites (N-methyl/N-ethyl adjacent to an activating group) is 1. The minimum Gasteiger partial charge on any atom is -0.385 e. The molecule has 0 radical (unpaired) electrons. The second-order valence-electron chi connectivity index (χ2n) is 6.25. The summed E-state index contributed by atoms with van der Waals surface area (Å²) in [6.07, 6.45) is 6.17. The van der Waals surface area contributed by atoms with Crippen molar-refractivity contribution in [3.8, 4) is 0 Å². The lowest BCUT2D eigenvalue weighted by molar-refractivity contribution is 0.0728. The van der Waals surface area contributed by atoms with Crippen LogP contribution in [0.25, 0.3) is 0 Å². The molecular formula is C17H29N3OS. The third kappa shape index (κ3) is 4.71. The molecule has 0 aromatic carbocycles. The van der Waals surface area contributed by atoms with Crippen LogP contribution < -0.4 is 5.32 Å². The number of rotatable bonds is 8. The number of nitrogens with one attached hydrogen (secondary N) is 1. The van der Waals surface area contributed by atoms with Gasteiger partial charge in [0.15, 0.2) is 5.96 Å². The van der Waals surface area contributed by atoms with Gasteiger partial charge in [-0.05, 0) is 42.5 Å². The summed E-state index contributed by atoms with van der Waals surface area (Å²) in [4.78, 5) is 8.09. The predicted molar refractivity (Wildman–Crippen MR) is 94.8 cm³/mol. The van der Waals surface area contributed by atoms with Crippen molar-refractivity contribution in [2.24, 2.45) is 10.4 Å². The highest BCUT2D eigenvalue weighted by Gasteiger charge is 2.36. The zero-order chi connectivity index (χ0) is 15.8. The predicted octanol–water partition coefficient (Wildman–Crippen LogP) is 3.00. The lowest BCUT2D eigenvalue weighted by Crippen LogP contribution is -2.47. The average Bonchev–Trinajstić information content (AvgIpc) is 3.00. The van der Waals surface area contributed by atoms with Gasteiger partial charge in [-0.15, -0.1) is 11.3 Å². The number of guanidine groups is 1. The van der Waals surface area contributed by atoms with Gasteiger partial charge in [0, 0.05) is 45.8 Å². The fourth-order valence-corrected chi connectivity index (χ4v) is 3.70. The second-order valence-corrected chi connectivity index (χ2v) is 7.28. The summed E-state index contributed by atoms with van der Waals surface area (Å²) in [6, 6.07) is 4.31. The van der Waals surface area contributed by atoms with Gasteiger partial charge < -0.3 is 15.0 Å². The molecular weight excluding hydrogens is 294 g/mol. The van der Waals surface area contributed by atoms with Crippen LogP contribution in [0.1, 0.15) is 30.6 Å². The van der Waals surface area contributed by atoms with Crippen LogP contribution in [0, 0.1) is 5.41 Å². The summed E-state index contributed by atoms with van der Waals surface area (Å²) < 4.78 is 5.27. The van der Waals surface area contributed by atoms with Crippen LogP contribution in [0.5, 0.6) is 0 Å². The molecule has 0 amide bonds. The van der Waals surface area contributed by atoms with Gasteiger partial charge in [-0.2, -0.15) is 0 Å². The van der Waals surface area contributed by atoms with Crippen LogP contribution in [0.2, 0.25) is 0 Å². The molecule has 5 heteroatoms. The zero-order valence-electron chi connectivity index (χ0n) is 14.1. The smallest absolute Gasteiger partial charge is 0.193 e. The number of ether oxygens (including phenoxy) is 1. The first-order chi connectivity index (χ1) is 10.7. The quantitative estimate of drug-likeness (QED) is 0.590. The Morgan fingerprint density at radius 2 is 2.32 bits per heavy atom. The fourth-order valence-electron chi connectivity index (χ4n) is 3.00. The molecule has 0 atom stereocenters. The van der Waals surface area contributed by atoms with E-state index in [0.29, 0.717) is 5.41 Å². The van der Waals surface area contributed by atoms with Crippen LogP contribution in [-0.2, 0) is 11.2 Å². The van der Waals surface area contributed by atoms with Crippen molar-refractivity contribution in [1.82, 2.24) is 10.2 Å². The van der Waals surface area contributed by atoms with E-state index in [1.54, 1.807) is 7.11 Å². The molecule has 0 aliphatic heterocycles.